The molecule has 1 heterocycles. The summed E-state index contributed by atoms with van der Waals surface area (Å²) in [6.45, 7) is 2.61. The Morgan fingerprint density at radius 3 is 2.18 bits per heavy atom. The van der Waals surface area contributed by atoms with Gasteiger partial charge in [-0.15, -0.1) is 0 Å². The highest BCUT2D eigenvalue weighted by Crippen LogP contribution is 2.39. The summed E-state index contributed by atoms with van der Waals surface area (Å²) in [6, 6.07) is 3.17. The maximum absolute atomic E-state index is 12.0. The third-order valence-electron chi connectivity index (χ3n) is 3.68. The van der Waals surface area contributed by atoms with Crippen LogP contribution in [0.4, 0.5) is 4.79 Å². The molecule has 2 N–H and O–H groups in total. The number of methoxy groups -OCH3 is 3. The fraction of sp³-hybridized carbons (Fsp3) is 0.533. The summed E-state index contributed by atoms with van der Waals surface area (Å²) in [7, 11) is 4.64. The van der Waals surface area contributed by atoms with Gasteiger partial charge in [0.15, 0.2) is 11.5 Å². The molecule has 122 valence electrons. The van der Waals surface area contributed by atoms with E-state index in [0.29, 0.717) is 30.3 Å². The zero-order valence-corrected chi connectivity index (χ0v) is 13.3. The Hall–Kier alpha value is -2.15. The van der Waals surface area contributed by atoms with Crippen LogP contribution in [-0.2, 0) is 0 Å². The van der Waals surface area contributed by atoms with E-state index < -0.39 is 6.10 Å². The molecular weight excluding hydrogens is 288 g/mol. The smallest absolute Gasteiger partial charge is 0.318 e. The number of aliphatic hydroxyl groups excluding tert-OH is 1. The van der Waals surface area contributed by atoms with Crippen LogP contribution < -0.4 is 19.5 Å². The summed E-state index contributed by atoms with van der Waals surface area (Å²) in [5.74, 6) is 1.59. The Balaban J connectivity index is 2.15. The van der Waals surface area contributed by atoms with Crippen LogP contribution in [0.25, 0.3) is 0 Å². The number of hydrogen-bond donors (Lipinski definition) is 2. The number of carbonyl (C=O) groups is 1. The van der Waals surface area contributed by atoms with Crippen molar-refractivity contribution in [2.24, 2.45) is 0 Å². The highest BCUT2D eigenvalue weighted by molar-refractivity contribution is 5.75. The summed E-state index contributed by atoms with van der Waals surface area (Å²) in [5, 5.41) is 12.1. The van der Waals surface area contributed by atoms with Gasteiger partial charge in [-0.1, -0.05) is 0 Å². The van der Waals surface area contributed by atoms with Gasteiger partial charge in [0.1, 0.15) is 0 Å². The molecule has 1 saturated heterocycles. The first-order chi connectivity index (χ1) is 10.5. The van der Waals surface area contributed by atoms with E-state index in [4.69, 9.17) is 14.2 Å². The Bertz CT molecular complexity index is 518. The van der Waals surface area contributed by atoms with E-state index >= 15 is 0 Å². The van der Waals surface area contributed by atoms with Gasteiger partial charge < -0.3 is 29.5 Å². The topological polar surface area (TPSA) is 80.3 Å². The second-order valence-electron chi connectivity index (χ2n) is 5.19. The fourth-order valence-electron chi connectivity index (χ4n) is 2.33. The van der Waals surface area contributed by atoms with Crippen LogP contribution in [0.2, 0.25) is 0 Å². The highest BCUT2D eigenvalue weighted by Gasteiger charge is 2.29. The van der Waals surface area contributed by atoms with Crippen molar-refractivity contribution in [3.8, 4) is 17.2 Å². The maximum atomic E-state index is 12.0. The number of likely N-dealkylation sites (tertiary alicyclic amines) is 1. The van der Waals surface area contributed by atoms with Crippen molar-refractivity contribution in [3.63, 3.8) is 0 Å². The molecule has 0 radical (unpaired) electrons. The lowest BCUT2D eigenvalue weighted by Gasteiger charge is -2.36. The Labute approximate surface area is 129 Å². The Kier molecular flexibility index (Phi) is 4.97. The number of nitrogens with zero attached hydrogens (tertiary/aromatic N) is 1. The van der Waals surface area contributed by atoms with Crippen molar-refractivity contribution in [3.05, 3.63) is 17.7 Å². The number of urea groups is 1. The maximum Gasteiger partial charge on any atom is 0.318 e. The van der Waals surface area contributed by atoms with Gasteiger partial charge in [-0.3, -0.25) is 0 Å². The summed E-state index contributed by atoms with van der Waals surface area (Å²) in [4.78, 5) is 13.6. The third kappa shape index (κ3) is 3.19. The van der Waals surface area contributed by atoms with E-state index in [2.05, 4.69) is 5.32 Å². The lowest BCUT2D eigenvalue weighted by Crippen LogP contribution is -2.56. The number of hydrogen-bond acceptors (Lipinski definition) is 5. The van der Waals surface area contributed by atoms with E-state index in [1.165, 1.54) is 0 Å². The molecule has 0 aromatic heterocycles. The lowest BCUT2D eigenvalue weighted by atomic mass is 10.1. The van der Waals surface area contributed by atoms with E-state index in [0.717, 1.165) is 5.56 Å². The van der Waals surface area contributed by atoms with Crippen molar-refractivity contribution in [1.82, 2.24) is 10.2 Å². The normalized spacial score (nSPS) is 15.8. The van der Waals surface area contributed by atoms with Crippen LogP contribution in [0, 0.1) is 0 Å². The van der Waals surface area contributed by atoms with Gasteiger partial charge in [0.2, 0.25) is 5.75 Å². The number of amides is 2. The first kappa shape index (κ1) is 16.2. The molecule has 1 aliphatic rings. The molecule has 1 atom stereocenters. The monoisotopic (exact) mass is 310 g/mol. The van der Waals surface area contributed by atoms with Gasteiger partial charge in [-0.05, 0) is 24.6 Å². The van der Waals surface area contributed by atoms with Crippen molar-refractivity contribution >= 4 is 6.03 Å². The molecule has 1 aromatic rings. The third-order valence-corrected chi connectivity index (χ3v) is 3.68. The van der Waals surface area contributed by atoms with Crippen LogP contribution in [0.15, 0.2) is 12.1 Å². The molecule has 0 saturated carbocycles. The Morgan fingerprint density at radius 1 is 1.23 bits per heavy atom. The number of β-amino-alcohol motifs (C(OH)–C–C–N with tert-alkyl or cyclic N) is 1. The summed E-state index contributed by atoms with van der Waals surface area (Å²) < 4.78 is 15.9. The molecule has 1 fully saturated rings. The predicted octanol–water partition coefficient (Wildman–Crippen LogP) is 1.16. The van der Waals surface area contributed by atoms with E-state index in [1.807, 2.05) is 6.92 Å². The minimum Gasteiger partial charge on any atom is -0.493 e. The van der Waals surface area contributed by atoms with Crippen LogP contribution in [0.3, 0.4) is 0 Å². The molecule has 0 bridgehead atoms. The molecule has 1 aromatic carbocycles. The average molecular weight is 310 g/mol. The number of rotatable bonds is 5. The van der Waals surface area contributed by atoms with Crippen LogP contribution in [-0.4, -0.2) is 56.6 Å². The van der Waals surface area contributed by atoms with Crippen molar-refractivity contribution in [2.75, 3.05) is 34.4 Å². The van der Waals surface area contributed by atoms with E-state index in [9.17, 15) is 9.90 Å². The molecule has 0 aliphatic carbocycles. The van der Waals surface area contributed by atoms with Crippen molar-refractivity contribution < 1.29 is 24.1 Å². The quantitative estimate of drug-likeness (QED) is 0.853. The summed E-state index contributed by atoms with van der Waals surface area (Å²) in [6.07, 6.45) is -0.415. The van der Waals surface area contributed by atoms with Gasteiger partial charge >= 0.3 is 6.03 Å². The Morgan fingerprint density at radius 2 is 1.77 bits per heavy atom. The summed E-state index contributed by atoms with van der Waals surface area (Å²) in [5.41, 5.74) is 0.837. The van der Waals surface area contributed by atoms with Crippen LogP contribution >= 0.6 is 0 Å². The number of benzene rings is 1. The molecule has 2 rings (SSSR count). The molecule has 0 spiro atoms. The van der Waals surface area contributed by atoms with Crippen LogP contribution in [0.1, 0.15) is 18.5 Å². The largest absolute Gasteiger partial charge is 0.493 e. The van der Waals surface area contributed by atoms with Crippen molar-refractivity contribution in [1.29, 1.82) is 0 Å². The number of ether oxygens (including phenoxy) is 3. The molecule has 2 amide bonds. The molecule has 7 nitrogen and oxygen atoms in total. The first-order valence-corrected chi connectivity index (χ1v) is 7.03. The fourth-order valence-corrected chi connectivity index (χ4v) is 2.33. The number of carbonyl (C=O) groups excluding carboxylic acids is 1. The molecular formula is C15H22N2O5. The lowest BCUT2D eigenvalue weighted by molar-refractivity contribution is 0.0259. The second kappa shape index (κ2) is 6.74. The SMILES string of the molecule is COc1cc(C(C)NC(=O)N2CC(O)C2)cc(OC)c1OC. The minimum atomic E-state index is -0.415. The van der Waals surface area contributed by atoms with Crippen molar-refractivity contribution in [2.45, 2.75) is 19.1 Å². The van der Waals surface area contributed by atoms with Crippen LogP contribution in [0.5, 0.6) is 17.2 Å². The molecule has 1 unspecified atom stereocenters. The second-order valence-corrected chi connectivity index (χ2v) is 5.19. The number of nitrogens with one attached hydrogen (secondary N) is 1. The standard InChI is InChI=1S/C15H22N2O5/c1-9(16-15(19)17-7-11(18)8-17)10-5-12(20-2)14(22-4)13(6-10)21-3/h5-6,9,11,18H,7-8H2,1-4H3,(H,16,19). The summed E-state index contributed by atoms with van der Waals surface area (Å²) >= 11 is 0. The van der Waals surface area contributed by atoms with Gasteiger partial charge in [-0.25, -0.2) is 4.79 Å². The molecule has 22 heavy (non-hydrogen) atoms. The zero-order chi connectivity index (χ0) is 16.3. The van der Waals surface area contributed by atoms with Gasteiger partial charge in [-0.2, -0.15) is 0 Å². The van der Waals surface area contributed by atoms with E-state index in [-0.39, 0.29) is 12.1 Å². The van der Waals surface area contributed by atoms with E-state index in [1.54, 1.807) is 38.4 Å². The van der Waals surface area contributed by atoms with Gasteiger partial charge in [0.05, 0.1) is 46.6 Å². The minimum absolute atomic E-state index is 0.202. The number of aliphatic hydroxyl groups is 1. The van der Waals surface area contributed by atoms with Gasteiger partial charge in [0, 0.05) is 0 Å². The van der Waals surface area contributed by atoms with Gasteiger partial charge in [0.25, 0.3) is 0 Å². The predicted molar refractivity (Wildman–Crippen MR) is 80.6 cm³/mol. The molecule has 1 aliphatic heterocycles. The highest BCUT2D eigenvalue weighted by atomic mass is 16.5. The molecule has 7 heteroatoms. The average Bonchev–Trinajstić information content (AvgIpc) is 2.49. The first-order valence-electron chi connectivity index (χ1n) is 7.03. The zero-order valence-electron chi connectivity index (χ0n) is 13.3.